The number of rotatable bonds is 6. The van der Waals surface area contributed by atoms with E-state index in [1.165, 1.54) is 6.26 Å². The van der Waals surface area contributed by atoms with Gasteiger partial charge >= 0.3 is 0 Å². The van der Waals surface area contributed by atoms with E-state index in [0.29, 0.717) is 12.3 Å². The summed E-state index contributed by atoms with van der Waals surface area (Å²) in [5.74, 6) is 0.340. The average molecular weight is 373 g/mol. The Morgan fingerprint density at radius 3 is 3.04 bits per heavy atom. The second-order valence-corrected chi connectivity index (χ2v) is 8.06. The maximum absolute atomic E-state index is 13.1. The van der Waals surface area contributed by atoms with Gasteiger partial charge in [0, 0.05) is 36.6 Å². The molecule has 0 radical (unpaired) electrons. The number of fused-ring (bicyclic) bond motifs is 2. The second kappa shape index (κ2) is 6.87. The maximum atomic E-state index is 13.1. The molecule has 26 heavy (non-hydrogen) atoms. The zero-order valence-corrected chi connectivity index (χ0v) is 15.6. The molecule has 0 saturated carbocycles. The quantitative estimate of drug-likeness (QED) is 0.845. The molecule has 2 saturated heterocycles. The summed E-state index contributed by atoms with van der Waals surface area (Å²) in [6.07, 6.45) is 7.36. The molecule has 3 atom stereocenters. The number of amides is 2. The standard InChI is InChI=1S/C19H23N3O3S/c1-2-19(18(24)21-8-7-16-20-9-11-26-16)12-13-5-6-15(19)22(13)17(23)14-4-3-10-25-14/h3-4,9-11,13,15H,2,5-8,12H2,1H3,(H,21,24)/t13-,15+,19+/m0/s1. The summed E-state index contributed by atoms with van der Waals surface area (Å²) in [5, 5.41) is 6.07. The highest BCUT2D eigenvalue weighted by atomic mass is 32.1. The fraction of sp³-hybridized carbons (Fsp3) is 0.526. The van der Waals surface area contributed by atoms with E-state index in [0.717, 1.165) is 37.1 Å². The minimum Gasteiger partial charge on any atom is -0.459 e. The smallest absolute Gasteiger partial charge is 0.290 e. The fourth-order valence-corrected chi connectivity index (χ4v) is 5.26. The molecule has 2 aromatic rings. The summed E-state index contributed by atoms with van der Waals surface area (Å²) >= 11 is 1.60. The molecule has 2 fully saturated rings. The minimum absolute atomic E-state index is 0.0463. The van der Waals surface area contributed by atoms with Crippen molar-refractivity contribution in [2.75, 3.05) is 6.54 Å². The van der Waals surface area contributed by atoms with Crippen LogP contribution in [0.15, 0.2) is 34.4 Å². The Bertz CT molecular complexity index is 774. The van der Waals surface area contributed by atoms with Crippen LogP contribution in [0.4, 0.5) is 0 Å². The van der Waals surface area contributed by atoms with E-state index in [2.05, 4.69) is 17.2 Å². The molecule has 7 heteroatoms. The van der Waals surface area contributed by atoms with Crippen molar-refractivity contribution in [1.29, 1.82) is 0 Å². The summed E-state index contributed by atoms with van der Waals surface area (Å²) < 4.78 is 5.30. The molecule has 0 aliphatic carbocycles. The minimum atomic E-state index is -0.492. The number of hydrogen-bond acceptors (Lipinski definition) is 5. The summed E-state index contributed by atoms with van der Waals surface area (Å²) in [7, 11) is 0. The summed E-state index contributed by atoms with van der Waals surface area (Å²) in [5.41, 5.74) is -0.492. The lowest BCUT2D eigenvalue weighted by Crippen LogP contribution is -2.50. The lowest BCUT2D eigenvalue weighted by molar-refractivity contribution is -0.132. The van der Waals surface area contributed by atoms with E-state index in [9.17, 15) is 9.59 Å². The Kier molecular flexibility index (Phi) is 4.56. The van der Waals surface area contributed by atoms with E-state index in [1.54, 1.807) is 29.7 Å². The molecule has 4 heterocycles. The first-order valence-electron chi connectivity index (χ1n) is 9.18. The zero-order valence-electron chi connectivity index (χ0n) is 14.8. The Hall–Kier alpha value is -2.15. The van der Waals surface area contributed by atoms with E-state index in [4.69, 9.17) is 4.42 Å². The number of nitrogens with one attached hydrogen (secondary N) is 1. The molecule has 0 aromatic carbocycles. The van der Waals surface area contributed by atoms with E-state index < -0.39 is 5.41 Å². The van der Waals surface area contributed by atoms with Crippen LogP contribution in [0.3, 0.4) is 0 Å². The van der Waals surface area contributed by atoms with Crippen LogP contribution in [0.2, 0.25) is 0 Å². The van der Waals surface area contributed by atoms with Gasteiger partial charge in [-0.25, -0.2) is 4.98 Å². The van der Waals surface area contributed by atoms with Crippen LogP contribution in [-0.2, 0) is 11.2 Å². The summed E-state index contributed by atoms with van der Waals surface area (Å²) in [4.78, 5) is 32.1. The first-order chi connectivity index (χ1) is 12.7. The number of thiazole rings is 1. The topological polar surface area (TPSA) is 75.4 Å². The Morgan fingerprint density at radius 1 is 1.46 bits per heavy atom. The van der Waals surface area contributed by atoms with Crippen molar-refractivity contribution in [2.45, 2.75) is 51.1 Å². The second-order valence-electron chi connectivity index (χ2n) is 7.08. The van der Waals surface area contributed by atoms with Crippen molar-refractivity contribution in [3.05, 3.63) is 40.7 Å². The molecule has 6 nitrogen and oxygen atoms in total. The van der Waals surface area contributed by atoms with Crippen molar-refractivity contribution < 1.29 is 14.0 Å². The van der Waals surface area contributed by atoms with Crippen molar-refractivity contribution >= 4 is 23.2 Å². The molecule has 138 valence electrons. The van der Waals surface area contributed by atoms with Crippen molar-refractivity contribution in [2.24, 2.45) is 5.41 Å². The first kappa shape index (κ1) is 17.3. The third-order valence-electron chi connectivity index (χ3n) is 5.90. The third kappa shape index (κ3) is 2.74. The Balaban J connectivity index is 1.47. The van der Waals surface area contributed by atoms with Gasteiger partial charge in [-0.05, 0) is 37.8 Å². The van der Waals surface area contributed by atoms with Crippen LogP contribution in [0, 0.1) is 5.41 Å². The number of carbonyl (C=O) groups excluding carboxylic acids is 2. The maximum Gasteiger partial charge on any atom is 0.290 e. The number of furan rings is 1. The molecule has 2 bridgehead atoms. The van der Waals surface area contributed by atoms with Gasteiger partial charge in [-0.2, -0.15) is 0 Å². The van der Waals surface area contributed by atoms with Crippen LogP contribution in [0.25, 0.3) is 0 Å². The normalized spacial score (nSPS) is 27.0. The molecule has 2 aromatic heterocycles. The summed E-state index contributed by atoms with van der Waals surface area (Å²) in [6, 6.07) is 3.50. The first-order valence-corrected chi connectivity index (χ1v) is 10.1. The van der Waals surface area contributed by atoms with Gasteiger partial charge < -0.3 is 14.6 Å². The van der Waals surface area contributed by atoms with E-state index in [-0.39, 0.29) is 23.9 Å². The highest BCUT2D eigenvalue weighted by Gasteiger charge is 2.60. The lowest BCUT2D eigenvalue weighted by Gasteiger charge is -2.35. The monoisotopic (exact) mass is 373 g/mol. The number of aromatic nitrogens is 1. The van der Waals surface area contributed by atoms with Gasteiger partial charge in [0.05, 0.1) is 16.7 Å². The Labute approximate surface area is 156 Å². The third-order valence-corrected chi connectivity index (χ3v) is 6.74. The fourth-order valence-electron chi connectivity index (χ4n) is 4.64. The predicted molar refractivity (Wildman–Crippen MR) is 97.9 cm³/mol. The van der Waals surface area contributed by atoms with Crippen molar-refractivity contribution in [1.82, 2.24) is 15.2 Å². The number of carbonyl (C=O) groups is 2. The van der Waals surface area contributed by atoms with Crippen molar-refractivity contribution in [3.63, 3.8) is 0 Å². The van der Waals surface area contributed by atoms with Crippen LogP contribution >= 0.6 is 11.3 Å². The Morgan fingerprint density at radius 2 is 2.35 bits per heavy atom. The molecule has 1 N–H and O–H groups in total. The lowest BCUT2D eigenvalue weighted by atomic mass is 9.71. The highest BCUT2D eigenvalue weighted by molar-refractivity contribution is 7.09. The molecular formula is C19H23N3O3S. The predicted octanol–water partition coefficient (Wildman–Crippen LogP) is 2.87. The molecule has 0 spiro atoms. The molecule has 2 aliphatic heterocycles. The summed E-state index contributed by atoms with van der Waals surface area (Å²) in [6.45, 7) is 2.63. The average Bonchev–Trinajstić information content (AvgIpc) is 3.44. The van der Waals surface area contributed by atoms with Gasteiger partial charge in [0.2, 0.25) is 5.91 Å². The molecule has 4 rings (SSSR count). The molecular weight excluding hydrogens is 350 g/mol. The zero-order chi connectivity index (χ0) is 18.1. The van der Waals surface area contributed by atoms with Gasteiger partial charge in [0.15, 0.2) is 5.76 Å². The van der Waals surface area contributed by atoms with E-state index in [1.807, 2.05) is 10.3 Å². The molecule has 2 aliphatic rings. The van der Waals surface area contributed by atoms with Gasteiger partial charge in [0.1, 0.15) is 0 Å². The van der Waals surface area contributed by atoms with Crippen LogP contribution in [0.5, 0.6) is 0 Å². The van der Waals surface area contributed by atoms with Gasteiger partial charge in [-0.15, -0.1) is 11.3 Å². The molecule has 2 amide bonds. The highest BCUT2D eigenvalue weighted by Crippen LogP contribution is 2.52. The van der Waals surface area contributed by atoms with Crippen LogP contribution in [0.1, 0.15) is 48.2 Å². The van der Waals surface area contributed by atoms with Gasteiger partial charge in [0.25, 0.3) is 5.91 Å². The van der Waals surface area contributed by atoms with E-state index >= 15 is 0 Å². The van der Waals surface area contributed by atoms with Crippen LogP contribution in [-0.4, -0.2) is 40.3 Å². The number of nitrogens with zero attached hydrogens (tertiary/aromatic N) is 2. The number of hydrogen-bond donors (Lipinski definition) is 1. The van der Waals surface area contributed by atoms with Crippen LogP contribution < -0.4 is 5.32 Å². The van der Waals surface area contributed by atoms with Gasteiger partial charge in [-0.3, -0.25) is 9.59 Å². The largest absolute Gasteiger partial charge is 0.459 e. The van der Waals surface area contributed by atoms with Gasteiger partial charge in [-0.1, -0.05) is 6.92 Å². The molecule has 0 unspecified atom stereocenters. The van der Waals surface area contributed by atoms with Crippen molar-refractivity contribution in [3.8, 4) is 0 Å². The SMILES string of the molecule is CC[C@@]1(C(=O)NCCc2nccs2)C[C@@H]2CC[C@H]1N2C(=O)c1ccco1.